The first-order valence-corrected chi connectivity index (χ1v) is 5.97. The molecule has 0 bridgehead atoms. The van der Waals surface area contributed by atoms with Gasteiger partial charge in [0.05, 0.1) is 22.3 Å². The number of hydrogen-bond acceptors (Lipinski definition) is 4. The summed E-state index contributed by atoms with van der Waals surface area (Å²) in [5, 5.41) is 0.299. The van der Waals surface area contributed by atoms with Crippen molar-refractivity contribution in [3.8, 4) is 0 Å². The Morgan fingerprint density at radius 2 is 2.00 bits per heavy atom. The van der Waals surface area contributed by atoms with E-state index in [2.05, 4.69) is 4.98 Å². The molecule has 0 radical (unpaired) electrons. The van der Waals surface area contributed by atoms with E-state index in [0.717, 1.165) is 30.0 Å². The van der Waals surface area contributed by atoms with Crippen LogP contribution in [0.25, 0.3) is 0 Å². The number of nitrogens with two attached hydrogens (primary N) is 2. The molecule has 0 fully saturated rings. The largest absolute Gasteiger partial charge is 0.397 e. The van der Waals surface area contributed by atoms with Crippen molar-refractivity contribution >= 4 is 23.4 Å². The predicted octanol–water partition coefficient (Wildman–Crippen LogP) is 2.19. The number of carbonyl (C=O) groups is 1. The van der Waals surface area contributed by atoms with Crippen molar-refractivity contribution in [3.63, 3.8) is 0 Å². The lowest BCUT2D eigenvalue weighted by molar-refractivity contribution is 0.100. The summed E-state index contributed by atoms with van der Waals surface area (Å²) in [5.74, 6) is -1.85. The number of aromatic nitrogens is 1. The summed E-state index contributed by atoms with van der Waals surface area (Å²) < 4.78 is 26.5. The number of nitrogen functional groups attached to an aromatic ring is 1. The molecule has 0 aliphatic carbocycles. The molecule has 19 heavy (non-hydrogen) atoms. The van der Waals surface area contributed by atoms with Crippen LogP contribution in [0, 0.1) is 11.6 Å². The molecule has 7 heteroatoms. The highest BCUT2D eigenvalue weighted by atomic mass is 32.2. The second-order valence-electron chi connectivity index (χ2n) is 3.65. The summed E-state index contributed by atoms with van der Waals surface area (Å²) >= 11 is 0.879. The topological polar surface area (TPSA) is 82.0 Å². The number of pyridine rings is 1. The summed E-state index contributed by atoms with van der Waals surface area (Å²) in [6, 6.07) is 4.42. The van der Waals surface area contributed by atoms with Crippen LogP contribution < -0.4 is 11.5 Å². The molecular weight excluding hydrogens is 272 g/mol. The molecule has 4 N–H and O–H groups in total. The maximum atomic E-state index is 13.5. The van der Waals surface area contributed by atoms with E-state index in [4.69, 9.17) is 11.5 Å². The van der Waals surface area contributed by atoms with Crippen molar-refractivity contribution in [3.05, 3.63) is 47.7 Å². The summed E-state index contributed by atoms with van der Waals surface area (Å²) in [6.07, 6.45) is 1.25. The summed E-state index contributed by atoms with van der Waals surface area (Å²) in [5.41, 5.74) is 10.9. The highest BCUT2D eigenvalue weighted by molar-refractivity contribution is 7.99. The van der Waals surface area contributed by atoms with E-state index in [-0.39, 0.29) is 16.1 Å². The van der Waals surface area contributed by atoms with Crippen LogP contribution in [0.15, 0.2) is 40.4 Å². The van der Waals surface area contributed by atoms with Gasteiger partial charge >= 0.3 is 0 Å². The first-order chi connectivity index (χ1) is 8.97. The van der Waals surface area contributed by atoms with Gasteiger partial charge < -0.3 is 11.5 Å². The van der Waals surface area contributed by atoms with Crippen LogP contribution in [-0.4, -0.2) is 10.9 Å². The Hall–Kier alpha value is -2.15. The zero-order chi connectivity index (χ0) is 14.0. The van der Waals surface area contributed by atoms with E-state index in [0.29, 0.717) is 5.03 Å². The van der Waals surface area contributed by atoms with Gasteiger partial charge in [-0.2, -0.15) is 0 Å². The predicted molar refractivity (Wildman–Crippen MR) is 67.6 cm³/mol. The molecule has 1 amide bonds. The molecule has 98 valence electrons. The minimum absolute atomic E-state index is 0.0627. The van der Waals surface area contributed by atoms with Gasteiger partial charge in [-0.1, -0.05) is 11.8 Å². The van der Waals surface area contributed by atoms with Crippen molar-refractivity contribution in [2.45, 2.75) is 9.92 Å². The number of benzene rings is 1. The van der Waals surface area contributed by atoms with Crippen LogP contribution in [0.1, 0.15) is 10.4 Å². The Bertz CT molecular complexity index is 649. The number of nitrogens with zero attached hydrogens (tertiary/aromatic N) is 1. The minimum Gasteiger partial charge on any atom is -0.397 e. The van der Waals surface area contributed by atoms with Crippen molar-refractivity contribution < 1.29 is 13.6 Å². The van der Waals surface area contributed by atoms with Gasteiger partial charge in [0.15, 0.2) is 0 Å². The van der Waals surface area contributed by atoms with E-state index >= 15 is 0 Å². The van der Waals surface area contributed by atoms with Crippen molar-refractivity contribution in [1.29, 1.82) is 0 Å². The molecule has 0 unspecified atom stereocenters. The molecule has 1 aromatic heterocycles. The number of amides is 1. The van der Waals surface area contributed by atoms with E-state index < -0.39 is 17.5 Å². The van der Waals surface area contributed by atoms with Gasteiger partial charge in [-0.15, -0.1) is 0 Å². The number of rotatable bonds is 3. The van der Waals surface area contributed by atoms with Gasteiger partial charge in [-0.05, 0) is 24.3 Å². The number of carbonyl (C=O) groups excluding carboxylic acids is 1. The molecule has 0 spiro atoms. The Labute approximate surface area is 111 Å². The van der Waals surface area contributed by atoms with E-state index in [9.17, 15) is 13.6 Å². The Morgan fingerprint density at radius 3 is 2.68 bits per heavy atom. The Balaban J connectivity index is 2.36. The smallest absolute Gasteiger partial charge is 0.250 e. The Kier molecular flexibility index (Phi) is 3.66. The minimum atomic E-state index is -0.707. The van der Waals surface area contributed by atoms with Gasteiger partial charge in [0.2, 0.25) is 0 Å². The standard InChI is InChI=1S/C12H9F2N3OS/c13-6-1-2-8(14)10(3-6)19-11-4-7(12(16)18)9(15)5-17-11/h1-5H,15H2,(H2,16,18). The molecule has 2 aromatic rings. The zero-order valence-electron chi connectivity index (χ0n) is 9.56. The number of hydrogen-bond donors (Lipinski definition) is 2. The van der Waals surface area contributed by atoms with E-state index in [1.54, 1.807) is 0 Å². The monoisotopic (exact) mass is 281 g/mol. The average molecular weight is 281 g/mol. The lowest BCUT2D eigenvalue weighted by Crippen LogP contribution is -2.13. The average Bonchev–Trinajstić information content (AvgIpc) is 2.36. The van der Waals surface area contributed by atoms with Crippen molar-refractivity contribution in [2.75, 3.05) is 5.73 Å². The van der Waals surface area contributed by atoms with Gasteiger partial charge in [-0.3, -0.25) is 4.79 Å². The van der Waals surface area contributed by atoms with Crippen LogP contribution in [0.4, 0.5) is 14.5 Å². The van der Waals surface area contributed by atoms with Gasteiger partial charge in [0.1, 0.15) is 16.7 Å². The third-order valence-electron chi connectivity index (χ3n) is 2.28. The molecule has 0 aliphatic heterocycles. The summed E-state index contributed by atoms with van der Waals surface area (Å²) in [7, 11) is 0. The highest BCUT2D eigenvalue weighted by Gasteiger charge is 2.11. The fourth-order valence-electron chi connectivity index (χ4n) is 1.38. The zero-order valence-corrected chi connectivity index (χ0v) is 10.4. The molecule has 0 atom stereocenters. The molecular formula is C12H9F2N3OS. The van der Waals surface area contributed by atoms with Crippen LogP contribution in [-0.2, 0) is 0 Å². The Morgan fingerprint density at radius 1 is 1.26 bits per heavy atom. The molecule has 0 saturated heterocycles. The summed E-state index contributed by atoms with van der Waals surface area (Å²) in [6.45, 7) is 0. The second kappa shape index (κ2) is 5.23. The maximum Gasteiger partial charge on any atom is 0.250 e. The summed E-state index contributed by atoms with van der Waals surface area (Å²) in [4.78, 5) is 15.1. The fourth-order valence-corrected chi connectivity index (χ4v) is 2.23. The molecule has 0 aliphatic rings. The normalized spacial score (nSPS) is 10.4. The van der Waals surface area contributed by atoms with Crippen molar-refractivity contribution in [2.24, 2.45) is 5.73 Å². The van der Waals surface area contributed by atoms with Gasteiger partial charge in [0, 0.05) is 0 Å². The molecule has 4 nitrogen and oxygen atoms in total. The molecule has 0 saturated carbocycles. The molecule has 1 aromatic carbocycles. The first kappa shape index (κ1) is 13.3. The lowest BCUT2D eigenvalue weighted by atomic mass is 10.2. The van der Waals surface area contributed by atoms with Crippen LogP contribution >= 0.6 is 11.8 Å². The number of anilines is 1. The highest BCUT2D eigenvalue weighted by Crippen LogP contribution is 2.30. The fraction of sp³-hybridized carbons (Fsp3) is 0. The van der Waals surface area contributed by atoms with E-state index in [1.165, 1.54) is 12.3 Å². The quantitative estimate of drug-likeness (QED) is 0.903. The van der Waals surface area contributed by atoms with Crippen molar-refractivity contribution in [1.82, 2.24) is 4.98 Å². The maximum absolute atomic E-state index is 13.5. The third-order valence-corrected chi connectivity index (χ3v) is 3.25. The van der Waals surface area contributed by atoms with Gasteiger partial charge in [0.25, 0.3) is 5.91 Å². The molecule has 2 rings (SSSR count). The SMILES string of the molecule is NC(=O)c1cc(Sc2cc(F)ccc2F)ncc1N. The van der Waals surface area contributed by atoms with Crippen LogP contribution in [0.2, 0.25) is 0 Å². The molecule has 1 heterocycles. The van der Waals surface area contributed by atoms with Crippen LogP contribution in [0.5, 0.6) is 0 Å². The third kappa shape index (κ3) is 3.00. The first-order valence-electron chi connectivity index (χ1n) is 5.15. The van der Waals surface area contributed by atoms with Gasteiger partial charge in [-0.25, -0.2) is 13.8 Å². The number of halogens is 2. The lowest BCUT2D eigenvalue weighted by Gasteiger charge is -2.06. The van der Waals surface area contributed by atoms with E-state index in [1.807, 2.05) is 0 Å². The van der Waals surface area contributed by atoms with Crippen LogP contribution in [0.3, 0.4) is 0 Å². The second-order valence-corrected chi connectivity index (χ2v) is 4.71. The number of primary amides is 1.